The second kappa shape index (κ2) is 3.34. The molecule has 0 saturated heterocycles. The van der Waals surface area contributed by atoms with Gasteiger partial charge in [0.2, 0.25) is 5.78 Å². The summed E-state index contributed by atoms with van der Waals surface area (Å²) in [5.74, 6) is 0.480. The number of nitrogens with zero attached hydrogens (tertiary/aromatic N) is 3. The molecule has 80 valence electrons. The van der Waals surface area contributed by atoms with Crippen molar-refractivity contribution < 1.29 is 0 Å². The molecule has 6 heteroatoms. The van der Waals surface area contributed by atoms with Gasteiger partial charge in [-0.15, -0.1) is 10.2 Å². The molecule has 2 heterocycles. The van der Waals surface area contributed by atoms with Crippen LogP contribution in [0.5, 0.6) is 0 Å². The maximum absolute atomic E-state index is 11.7. The average Bonchev–Trinajstić information content (AvgIpc) is 2.72. The van der Waals surface area contributed by atoms with Crippen molar-refractivity contribution >= 4 is 28.4 Å². The van der Waals surface area contributed by atoms with Gasteiger partial charge in [-0.3, -0.25) is 14.2 Å². The summed E-state index contributed by atoms with van der Waals surface area (Å²) >= 11 is 1.49. The third-order valence-electron chi connectivity index (χ3n) is 2.43. The molecule has 0 aliphatic heterocycles. The monoisotopic (exact) mass is 232 g/mol. The number of benzene rings is 1. The van der Waals surface area contributed by atoms with E-state index in [1.807, 2.05) is 28.9 Å². The van der Waals surface area contributed by atoms with Crippen molar-refractivity contribution in [3.05, 3.63) is 34.6 Å². The molecule has 2 aromatic heterocycles. The van der Waals surface area contributed by atoms with Gasteiger partial charge in [0.05, 0.1) is 10.9 Å². The Hall–Kier alpha value is -1.82. The lowest BCUT2D eigenvalue weighted by Crippen LogP contribution is -2.09. The van der Waals surface area contributed by atoms with E-state index < -0.39 is 0 Å². The van der Waals surface area contributed by atoms with Crippen molar-refractivity contribution in [3.8, 4) is 0 Å². The van der Waals surface area contributed by atoms with E-state index in [0.29, 0.717) is 11.2 Å². The Balaban J connectivity index is 2.64. The van der Waals surface area contributed by atoms with Crippen LogP contribution in [-0.2, 0) is 0 Å². The zero-order valence-corrected chi connectivity index (χ0v) is 9.28. The average molecular weight is 232 g/mol. The first kappa shape index (κ1) is 9.41. The first-order valence-electron chi connectivity index (χ1n) is 4.71. The second-order valence-corrected chi connectivity index (χ2v) is 4.09. The van der Waals surface area contributed by atoms with Gasteiger partial charge < -0.3 is 0 Å². The molecule has 0 saturated carbocycles. The fraction of sp³-hybridized carbons (Fsp3) is 0.100. The van der Waals surface area contributed by atoms with Crippen LogP contribution in [0.25, 0.3) is 16.7 Å². The quantitative estimate of drug-likeness (QED) is 0.642. The highest BCUT2D eigenvalue weighted by atomic mass is 32.2. The Labute approximate surface area is 94.5 Å². The fourth-order valence-electron chi connectivity index (χ4n) is 1.73. The lowest BCUT2D eigenvalue weighted by molar-refractivity contribution is 0.942. The molecule has 0 atom stereocenters. The van der Waals surface area contributed by atoms with E-state index in [9.17, 15) is 4.79 Å². The number of hydrogen-bond donors (Lipinski definition) is 1. The zero-order chi connectivity index (χ0) is 11.1. The molecular weight excluding hydrogens is 224 g/mol. The van der Waals surface area contributed by atoms with Gasteiger partial charge >= 0.3 is 0 Å². The van der Waals surface area contributed by atoms with Gasteiger partial charge in [0.1, 0.15) is 0 Å². The molecule has 16 heavy (non-hydrogen) atoms. The third-order valence-corrected chi connectivity index (χ3v) is 3.06. The highest BCUT2D eigenvalue weighted by Gasteiger charge is 2.09. The SMILES string of the molecule is CSc1nnc2[nH]c(=O)c3ccccc3n12. The van der Waals surface area contributed by atoms with Crippen molar-refractivity contribution in [2.45, 2.75) is 5.16 Å². The number of fused-ring (bicyclic) bond motifs is 3. The number of rotatable bonds is 1. The van der Waals surface area contributed by atoms with E-state index in [1.54, 1.807) is 6.07 Å². The summed E-state index contributed by atoms with van der Waals surface area (Å²) in [7, 11) is 0. The summed E-state index contributed by atoms with van der Waals surface area (Å²) in [6.45, 7) is 0. The smallest absolute Gasteiger partial charge is 0.260 e. The van der Waals surface area contributed by atoms with Gasteiger partial charge in [0.15, 0.2) is 5.16 Å². The Morgan fingerprint density at radius 1 is 1.31 bits per heavy atom. The van der Waals surface area contributed by atoms with Crippen LogP contribution in [0.3, 0.4) is 0 Å². The lowest BCUT2D eigenvalue weighted by Gasteiger charge is -2.01. The highest BCUT2D eigenvalue weighted by Crippen LogP contribution is 2.17. The number of aromatic nitrogens is 4. The highest BCUT2D eigenvalue weighted by molar-refractivity contribution is 7.98. The minimum atomic E-state index is -0.136. The van der Waals surface area contributed by atoms with Crippen LogP contribution in [0.2, 0.25) is 0 Å². The van der Waals surface area contributed by atoms with Crippen LogP contribution in [0.1, 0.15) is 0 Å². The van der Waals surface area contributed by atoms with Gasteiger partial charge in [-0.25, -0.2) is 0 Å². The Morgan fingerprint density at radius 2 is 2.12 bits per heavy atom. The largest absolute Gasteiger partial charge is 0.290 e. The van der Waals surface area contributed by atoms with Crippen molar-refractivity contribution in [2.75, 3.05) is 6.26 Å². The summed E-state index contributed by atoms with van der Waals surface area (Å²) in [6.07, 6.45) is 1.93. The Kier molecular flexibility index (Phi) is 1.97. The van der Waals surface area contributed by atoms with E-state index in [1.165, 1.54) is 11.8 Å². The first-order chi connectivity index (χ1) is 7.81. The molecular formula is C10H8N4OS. The summed E-state index contributed by atoms with van der Waals surface area (Å²) in [6, 6.07) is 7.41. The Morgan fingerprint density at radius 3 is 2.94 bits per heavy atom. The number of para-hydroxylation sites is 1. The molecule has 0 bridgehead atoms. The first-order valence-corrected chi connectivity index (χ1v) is 5.94. The van der Waals surface area contributed by atoms with Crippen LogP contribution in [-0.4, -0.2) is 25.8 Å². The number of hydrogen-bond acceptors (Lipinski definition) is 4. The van der Waals surface area contributed by atoms with Gasteiger partial charge in [-0.1, -0.05) is 23.9 Å². The number of aromatic amines is 1. The fourth-order valence-corrected chi connectivity index (χ4v) is 2.22. The molecule has 1 N–H and O–H groups in total. The van der Waals surface area contributed by atoms with Crippen LogP contribution in [0.15, 0.2) is 34.2 Å². The molecule has 3 aromatic rings. The van der Waals surface area contributed by atoms with Crippen molar-refractivity contribution in [1.29, 1.82) is 0 Å². The van der Waals surface area contributed by atoms with Crippen LogP contribution in [0.4, 0.5) is 0 Å². The summed E-state index contributed by atoms with van der Waals surface area (Å²) in [5.41, 5.74) is 0.693. The van der Waals surface area contributed by atoms with E-state index in [0.717, 1.165) is 10.7 Å². The van der Waals surface area contributed by atoms with Crippen molar-refractivity contribution in [2.24, 2.45) is 0 Å². The van der Waals surface area contributed by atoms with Gasteiger partial charge in [0, 0.05) is 0 Å². The van der Waals surface area contributed by atoms with Gasteiger partial charge in [0.25, 0.3) is 5.56 Å². The predicted octanol–water partition coefficient (Wildman–Crippen LogP) is 1.29. The molecule has 0 fully saturated rings. The molecule has 0 unspecified atom stereocenters. The topological polar surface area (TPSA) is 63.0 Å². The summed E-state index contributed by atoms with van der Waals surface area (Å²) < 4.78 is 1.85. The van der Waals surface area contributed by atoms with Crippen molar-refractivity contribution in [3.63, 3.8) is 0 Å². The van der Waals surface area contributed by atoms with E-state index in [2.05, 4.69) is 15.2 Å². The summed E-state index contributed by atoms with van der Waals surface area (Å²) in [4.78, 5) is 14.5. The molecule has 0 spiro atoms. The normalized spacial score (nSPS) is 11.3. The Bertz CT molecular complexity index is 730. The number of H-pyrrole nitrogens is 1. The van der Waals surface area contributed by atoms with E-state index >= 15 is 0 Å². The molecule has 0 aliphatic carbocycles. The molecule has 0 amide bonds. The maximum atomic E-state index is 11.7. The van der Waals surface area contributed by atoms with E-state index in [-0.39, 0.29) is 5.56 Å². The molecule has 3 rings (SSSR count). The van der Waals surface area contributed by atoms with Crippen molar-refractivity contribution in [1.82, 2.24) is 19.6 Å². The summed E-state index contributed by atoms with van der Waals surface area (Å²) in [5, 5.41) is 9.36. The maximum Gasteiger partial charge on any atom is 0.260 e. The molecule has 1 aromatic carbocycles. The van der Waals surface area contributed by atoms with Gasteiger partial charge in [-0.05, 0) is 18.4 Å². The minimum absolute atomic E-state index is 0.136. The van der Waals surface area contributed by atoms with Gasteiger partial charge in [-0.2, -0.15) is 0 Å². The molecule has 0 aliphatic rings. The number of thioether (sulfide) groups is 1. The second-order valence-electron chi connectivity index (χ2n) is 3.32. The minimum Gasteiger partial charge on any atom is -0.290 e. The standard InChI is InChI=1S/C10H8N4OS/c1-16-10-13-12-9-11-8(15)6-4-2-3-5-7(6)14(9)10/h2-5H,1H3,(H,11,12,15). The molecule has 0 radical (unpaired) electrons. The number of nitrogens with one attached hydrogen (secondary N) is 1. The van der Waals surface area contributed by atoms with E-state index in [4.69, 9.17) is 0 Å². The van der Waals surface area contributed by atoms with Crippen LogP contribution < -0.4 is 5.56 Å². The predicted molar refractivity (Wildman–Crippen MR) is 62.9 cm³/mol. The third kappa shape index (κ3) is 1.16. The zero-order valence-electron chi connectivity index (χ0n) is 8.47. The molecule has 5 nitrogen and oxygen atoms in total. The lowest BCUT2D eigenvalue weighted by atomic mass is 10.2. The van der Waals surface area contributed by atoms with Crippen LogP contribution in [0, 0.1) is 0 Å². The van der Waals surface area contributed by atoms with Crippen LogP contribution >= 0.6 is 11.8 Å².